The van der Waals surface area contributed by atoms with Crippen LogP contribution in [0.15, 0.2) is 29.2 Å². The van der Waals surface area contributed by atoms with Crippen LogP contribution in [0.2, 0.25) is 0 Å². The van der Waals surface area contributed by atoms with E-state index in [1.807, 2.05) is 4.31 Å². The maximum absolute atomic E-state index is 14.0. The van der Waals surface area contributed by atoms with Crippen molar-refractivity contribution in [3.05, 3.63) is 45.8 Å². The Morgan fingerprint density at radius 2 is 1.55 bits per heavy atom. The van der Waals surface area contributed by atoms with Gasteiger partial charge in [0.15, 0.2) is 0 Å². The van der Waals surface area contributed by atoms with E-state index in [0.717, 1.165) is 87.9 Å². The van der Waals surface area contributed by atoms with Gasteiger partial charge in [0.05, 0.1) is 10.5 Å². The minimum atomic E-state index is -3.69. The average molecular weight is 587 g/mol. The van der Waals surface area contributed by atoms with E-state index in [1.54, 1.807) is 31.3 Å². The highest BCUT2D eigenvalue weighted by Gasteiger charge is 2.38. The molecular weight excluding hydrogens is 544 g/mol. The molecule has 2 saturated carbocycles. The summed E-state index contributed by atoms with van der Waals surface area (Å²) in [6.45, 7) is 4.70. The van der Waals surface area contributed by atoms with Gasteiger partial charge in [-0.15, -0.1) is 11.3 Å². The number of carbonyl (C=O) groups excluding carboxylic acids is 2. The number of carbonyl (C=O) groups is 2. The number of hydrogen-bond acceptors (Lipinski definition) is 6. The molecule has 1 aromatic heterocycles. The highest BCUT2D eigenvalue weighted by Crippen LogP contribution is 2.38. The molecule has 0 saturated heterocycles. The molecule has 1 aliphatic heterocycles. The molecular formula is C30H42N4O4S2. The van der Waals surface area contributed by atoms with Crippen molar-refractivity contribution in [2.45, 2.75) is 101 Å². The summed E-state index contributed by atoms with van der Waals surface area (Å²) < 4.78 is 29.8. The van der Waals surface area contributed by atoms with E-state index in [-0.39, 0.29) is 28.8 Å². The SMILES string of the molecule is CCN1CCc2c(sc(NC(=O)c3ccc(S(=O)(=O)N(C4CCCCC4)C4CCCCC4)cc3)c2C(=O)NC)C1. The maximum Gasteiger partial charge on any atom is 0.256 e. The number of benzene rings is 1. The predicted molar refractivity (Wildman–Crippen MR) is 160 cm³/mol. The summed E-state index contributed by atoms with van der Waals surface area (Å²) in [5, 5.41) is 6.22. The standard InChI is InChI=1S/C30H42N4O4S2/c1-3-33-19-18-25-26(20-33)39-30(27(25)29(36)31-2)32-28(35)21-14-16-24(17-15-21)40(37,38)34(22-10-6-4-7-11-22)23-12-8-5-9-13-23/h14-17,22-23H,3-13,18-20H2,1-2H3,(H,31,36)(H,32,35). The second-order valence-electron chi connectivity index (χ2n) is 11.3. The molecule has 0 atom stereocenters. The predicted octanol–water partition coefficient (Wildman–Crippen LogP) is 5.39. The van der Waals surface area contributed by atoms with Crippen molar-refractivity contribution in [1.82, 2.24) is 14.5 Å². The van der Waals surface area contributed by atoms with E-state index in [4.69, 9.17) is 0 Å². The molecule has 0 bridgehead atoms. The van der Waals surface area contributed by atoms with Crippen LogP contribution >= 0.6 is 11.3 Å². The van der Waals surface area contributed by atoms with Crippen LogP contribution in [-0.4, -0.2) is 61.7 Å². The fourth-order valence-electron chi connectivity index (χ4n) is 6.62. The lowest BCUT2D eigenvalue weighted by Crippen LogP contribution is -2.48. The number of nitrogens with zero attached hydrogens (tertiary/aromatic N) is 2. The Hall–Kier alpha value is -2.27. The zero-order chi connectivity index (χ0) is 28.3. The summed E-state index contributed by atoms with van der Waals surface area (Å²) in [7, 11) is -2.09. The summed E-state index contributed by atoms with van der Waals surface area (Å²) in [5.74, 6) is -0.554. The number of anilines is 1. The molecule has 2 aliphatic carbocycles. The Labute approximate surface area is 242 Å². The third-order valence-electron chi connectivity index (χ3n) is 8.83. The molecule has 10 heteroatoms. The van der Waals surface area contributed by atoms with Crippen LogP contribution in [0.4, 0.5) is 5.00 Å². The second-order valence-corrected chi connectivity index (χ2v) is 14.3. The van der Waals surface area contributed by atoms with Gasteiger partial charge in [0.2, 0.25) is 10.0 Å². The lowest BCUT2D eigenvalue weighted by Gasteiger charge is -2.40. The first kappa shape index (κ1) is 29.2. The van der Waals surface area contributed by atoms with Crippen molar-refractivity contribution in [1.29, 1.82) is 0 Å². The van der Waals surface area contributed by atoms with Gasteiger partial charge >= 0.3 is 0 Å². The van der Waals surface area contributed by atoms with Crippen molar-refractivity contribution >= 4 is 38.2 Å². The summed E-state index contributed by atoms with van der Waals surface area (Å²) in [4.78, 5) is 29.7. The molecule has 40 heavy (non-hydrogen) atoms. The summed E-state index contributed by atoms with van der Waals surface area (Å²) in [5.41, 5.74) is 1.92. The van der Waals surface area contributed by atoms with Crippen LogP contribution in [0, 0.1) is 0 Å². The van der Waals surface area contributed by atoms with Crippen molar-refractivity contribution < 1.29 is 18.0 Å². The van der Waals surface area contributed by atoms with Crippen LogP contribution in [-0.2, 0) is 23.0 Å². The monoisotopic (exact) mass is 586 g/mol. The fourth-order valence-corrected chi connectivity index (χ4v) is 9.83. The zero-order valence-electron chi connectivity index (χ0n) is 23.7. The van der Waals surface area contributed by atoms with Crippen molar-refractivity contribution in [2.75, 3.05) is 25.5 Å². The third-order valence-corrected chi connectivity index (χ3v) is 12.0. The van der Waals surface area contributed by atoms with Crippen molar-refractivity contribution in [2.24, 2.45) is 0 Å². The number of likely N-dealkylation sites (N-methyl/N-ethyl adjacent to an activating group) is 1. The molecule has 8 nitrogen and oxygen atoms in total. The maximum atomic E-state index is 14.0. The van der Waals surface area contributed by atoms with E-state index in [9.17, 15) is 18.0 Å². The summed E-state index contributed by atoms with van der Waals surface area (Å²) in [6, 6.07) is 6.44. The summed E-state index contributed by atoms with van der Waals surface area (Å²) in [6.07, 6.45) is 11.1. The molecule has 3 aliphatic rings. The Morgan fingerprint density at radius 3 is 2.10 bits per heavy atom. The highest BCUT2D eigenvalue weighted by atomic mass is 32.2. The van der Waals surface area contributed by atoms with Crippen LogP contribution < -0.4 is 10.6 Å². The number of amides is 2. The van der Waals surface area contributed by atoms with Crippen LogP contribution in [0.5, 0.6) is 0 Å². The first-order valence-electron chi connectivity index (χ1n) is 14.9. The molecule has 218 valence electrons. The lowest BCUT2D eigenvalue weighted by molar-refractivity contribution is 0.0962. The first-order chi connectivity index (χ1) is 19.3. The minimum absolute atomic E-state index is 0.0569. The lowest BCUT2D eigenvalue weighted by atomic mass is 9.91. The zero-order valence-corrected chi connectivity index (χ0v) is 25.3. The number of nitrogens with one attached hydrogen (secondary N) is 2. The van der Waals surface area contributed by atoms with E-state index in [2.05, 4.69) is 22.5 Å². The van der Waals surface area contributed by atoms with Crippen LogP contribution in [0.25, 0.3) is 0 Å². The quantitative estimate of drug-likeness (QED) is 0.432. The molecule has 2 amide bonds. The van der Waals surface area contributed by atoms with Gasteiger partial charge in [-0.1, -0.05) is 45.4 Å². The van der Waals surface area contributed by atoms with E-state index < -0.39 is 10.0 Å². The average Bonchev–Trinajstić information content (AvgIpc) is 3.34. The van der Waals surface area contributed by atoms with Gasteiger partial charge in [-0.05, 0) is 68.5 Å². The Bertz CT molecular complexity index is 1290. The Morgan fingerprint density at radius 1 is 0.950 bits per heavy atom. The number of fused-ring (bicyclic) bond motifs is 1. The minimum Gasteiger partial charge on any atom is -0.355 e. The van der Waals surface area contributed by atoms with E-state index in [1.165, 1.54) is 24.2 Å². The van der Waals surface area contributed by atoms with Crippen molar-refractivity contribution in [3.63, 3.8) is 0 Å². The topological polar surface area (TPSA) is 98.8 Å². The number of thiophene rings is 1. The molecule has 5 rings (SSSR count). The molecule has 0 unspecified atom stereocenters. The van der Waals surface area contributed by atoms with Gasteiger partial charge < -0.3 is 10.6 Å². The van der Waals surface area contributed by atoms with Gasteiger partial charge in [-0.3, -0.25) is 14.5 Å². The van der Waals surface area contributed by atoms with Gasteiger partial charge in [0, 0.05) is 42.7 Å². The number of sulfonamides is 1. The fraction of sp³-hybridized carbons (Fsp3) is 0.600. The largest absolute Gasteiger partial charge is 0.355 e. The van der Waals surface area contributed by atoms with Crippen LogP contribution in [0.3, 0.4) is 0 Å². The highest BCUT2D eigenvalue weighted by molar-refractivity contribution is 7.89. The molecule has 2 fully saturated rings. The smallest absolute Gasteiger partial charge is 0.256 e. The van der Waals surface area contributed by atoms with Gasteiger partial charge in [-0.2, -0.15) is 4.31 Å². The van der Waals surface area contributed by atoms with Gasteiger partial charge in [0.1, 0.15) is 5.00 Å². The van der Waals surface area contributed by atoms with Crippen LogP contribution in [0.1, 0.15) is 102 Å². The molecule has 0 spiro atoms. The number of rotatable bonds is 8. The molecule has 2 N–H and O–H groups in total. The molecule has 2 heterocycles. The number of hydrogen-bond donors (Lipinski definition) is 2. The van der Waals surface area contributed by atoms with Crippen molar-refractivity contribution in [3.8, 4) is 0 Å². The molecule has 1 aromatic carbocycles. The van der Waals surface area contributed by atoms with E-state index >= 15 is 0 Å². The molecule has 2 aromatic rings. The third kappa shape index (κ3) is 6.00. The van der Waals surface area contributed by atoms with Gasteiger partial charge in [-0.25, -0.2) is 8.42 Å². The van der Waals surface area contributed by atoms with E-state index in [0.29, 0.717) is 16.1 Å². The Kier molecular flexibility index (Phi) is 9.29. The molecule has 0 radical (unpaired) electrons. The first-order valence-corrected chi connectivity index (χ1v) is 17.1. The Balaban J connectivity index is 1.37. The normalized spacial score (nSPS) is 19.4. The second kappa shape index (κ2) is 12.7. The van der Waals surface area contributed by atoms with Gasteiger partial charge in [0.25, 0.3) is 11.8 Å². The summed E-state index contributed by atoms with van der Waals surface area (Å²) >= 11 is 1.45.